The van der Waals surface area contributed by atoms with Gasteiger partial charge in [-0.05, 0) is 11.4 Å². The lowest BCUT2D eigenvalue weighted by Gasteiger charge is -2.35. The van der Waals surface area contributed by atoms with Crippen LogP contribution in [0.2, 0.25) is 0 Å². The van der Waals surface area contributed by atoms with E-state index in [4.69, 9.17) is 9.84 Å². The van der Waals surface area contributed by atoms with Crippen molar-refractivity contribution in [3.05, 3.63) is 21.9 Å². The van der Waals surface area contributed by atoms with Crippen LogP contribution in [0.15, 0.2) is 11.4 Å². The molecule has 1 aliphatic heterocycles. The normalized spacial score (nSPS) is 16.9. The highest BCUT2D eigenvalue weighted by Crippen LogP contribution is 2.23. The van der Waals surface area contributed by atoms with Gasteiger partial charge in [-0.3, -0.25) is 4.79 Å². The summed E-state index contributed by atoms with van der Waals surface area (Å²) in [6.45, 7) is 1.08. The summed E-state index contributed by atoms with van der Waals surface area (Å²) in [6, 6.07) is 1.76. The molecule has 6 heteroatoms. The van der Waals surface area contributed by atoms with Gasteiger partial charge in [0, 0.05) is 45.2 Å². The SMILES string of the molecule is CN(CC1(O)CCOCC1)C(=O)c1sccc1C#CCO. The molecule has 21 heavy (non-hydrogen) atoms. The van der Waals surface area contributed by atoms with Gasteiger partial charge in [0.05, 0.1) is 5.60 Å². The fraction of sp³-hybridized carbons (Fsp3) is 0.533. The number of nitrogens with zero attached hydrogens (tertiary/aromatic N) is 1. The zero-order valence-electron chi connectivity index (χ0n) is 12.0. The molecule has 0 aromatic carbocycles. The van der Waals surface area contributed by atoms with Crippen molar-refractivity contribution >= 4 is 17.2 Å². The number of likely N-dealkylation sites (N-methyl/N-ethyl adjacent to an activating group) is 1. The van der Waals surface area contributed by atoms with Crippen LogP contribution < -0.4 is 0 Å². The number of hydrogen-bond donors (Lipinski definition) is 2. The standard InChI is InChI=1S/C15H19NO4S/c1-16(11-15(19)5-8-20-9-6-15)14(18)13-12(3-2-7-17)4-10-21-13/h4,10,17,19H,5-9,11H2,1H3. The fourth-order valence-electron chi connectivity index (χ4n) is 2.30. The first-order valence-corrected chi connectivity index (χ1v) is 7.66. The van der Waals surface area contributed by atoms with Crippen molar-refractivity contribution in [2.75, 3.05) is 33.4 Å². The average Bonchev–Trinajstić information content (AvgIpc) is 2.92. The summed E-state index contributed by atoms with van der Waals surface area (Å²) in [7, 11) is 1.68. The molecule has 1 aromatic heterocycles. The van der Waals surface area contributed by atoms with Gasteiger partial charge in [-0.25, -0.2) is 0 Å². The van der Waals surface area contributed by atoms with Crippen molar-refractivity contribution in [1.82, 2.24) is 4.90 Å². The summed E-state index contributed by atoms with van der Waals surface area (Å²) < 4.78 is 5.24. The van der Waals surface area contributed by atoms with E-state index in [1.807, 2.05) is 0 Å². The molecule has 1 saturated heterocycles. The Balaban J connectivity index is 2.07. The third-order valence-corrected chi connectivity index (χ3v) is 4.37. The number of carbonyl (C=O) groups is 1. The number of ether oxygens (including phenoxy) is 1. The molecule has 1 fully saturated rings. The maximum Gasteiger partial charge on any atom is 0.265 e. The molecule has 1 aromatic rings. The minimum atomic E-state index is -0.878. The molecule has 0 aliphatic carbocycles. The second-order valence-corrected chi connectivity index (χ2v) is 6.04. The minimum Gasteiger partial charge on any atom is -0.388 e. The summed E-state index contributed by atoms with van der Waals surface area (Å²) in [5, 5.41) is 21.0. The fourth-order valence-corrected chi connectivity index (χ4v) is 3.15. The van der Waals surface area contributed by atoms with Crippen molar-refractivity contribution in [2.24, 2.45) is 0 Å². The highest BCUT2D eigenvalue weighted by atomic mass is 32.1. The van der Waals surface area contributed by atoms with Gasteiger partial charge < -0.3 is 19.8 Å². The third kappa shape index (κ3) is 4.05. The van der Waals surface area contributed by atoms with Crippen molar-refractivity contribution in [1.29, 1.82) is 0 Å². The largest absolute Gasteiger partial charge is 0.388 e. The quantitative estimate of drug-likeness (QED) is 0.807. The molecule has 2 heterocycles. The molecule has 2 N–H and O–H groups in total. The Morgan fingerprint density at radius 3 is 2.90 bits per heavy atom. The Bertz CT molecular complexity index is 552. The van der Waals surface area contributed by atoms with Crippen molar-refractivity contribution in [2.45, 2.75) is 18.4 Å². The molecule has 0 bridgehead atoms. The molecular weight excluding hydrogens is 290 g/mol. The number of thiophene rings is 1. The Morgan fingerprint density at radius 1 is 1.52 bits per heavy atom. The van der Waals surface area contributed by atoms with E-state index in [0.717, 1.165) is 0 Å². The number of hydrogen-bond acceptors (Lipinski definition) is 5. The van der Waals surface area contributed by atoms with Gasteiger partial charge in [0.15, 0.2) is 0 Å². The average molecular weight is 309 g/mol. The second kappa shape index (κ2) is 7.05. The smallest absolute Gasteiger partial charge is 0.265 e. The zero-order valence-corrected chi connectivity index (χ0v) is 12.8. The van der Waals surface area contributed by atoms with Gasteiger partial charge in [-0.2, -0.15) is 0 Å². The van der Waals surface area contributed by atoms with E-state index < -0.39 is 5.60 Å². The Labute approximate surface area is 128 Å². The Hall–Kier alpha value is -1.39. The molecule has 1 aliphatic rings. The first-order valence-electron chi connectivity index (χ1n) is 6.78. The van der Waals surface area contributed by atoms with Gasteiger partial charge in [-0.15, -0.1) is 11.3 Å². The van der Waals surface area contributed by atoms with Gasteiger partial charge in [0.1, 0.15) is 11.5 Å². The molecule has 0 spiro atoms. The highest BCUT2D eigenvalue weighted by molar-refractivity contribution is 7.12. The van der Waals surface area contributed by atoms with E-state index in [1.165, 1.54) is 16.2 Å². The maximum absolute atomic E-state index is 12.5. The van der Waals surface area contributed by atoms with Crippen molar-refractivity contribution < 1.29 is 19.7 Å². The number of aliphatic hydroxyl groups is 2. The van der Waals surface area contributed by atoms with Crippen LogP contribution in [0.3, 0.4) is 0 Å². The Morgan fingerprint density at radius 2 is 2.24 bits per heavy atom. The topological polar surface area (TPSA) is 70.0 Å². The Kier molecular flexibility index (Phi) is 5.37. The predicted octanol–water partition coefficient (Wildman–Crippen LogP) is 0.705. The first kappa shape index (κ1) is 16.0. The van der Waals surface area contributed by atoms with E-state index >= 15 is 0 Å². The van der Waals surface area contributed by atoms with Crippen LogP contribution in [-0.2, 0) is 4.74 Å². The molecule has 0 unspecified atom stereocenters. The first-order chi connectivity index (χ1) is 10.1. The lowest BCUT2D eigenvalue weighted by Crippen LogP contribution is -2.47. The molecule has 5 nitrogen and oxygen atoms in total. The van der Waals surface area contributed by atoms with E-state index in [1.54, 1.807) is 18.5 Å². The summed E-state index contributed by atoms with van der Waals surface area (Å²) in [4.78, 5) is 14.5. The second-order valence-electron chi connectivity index (χ2n) is 5.12. The molecule has 1 amide bonds. The number of amides is 1. The van der Waals surface area contributed by atoms with Crippen LogP contribution in [0, 0.1) is 11.8 Å². The summed E-state index contributed by atoms with van der Waals surface area (Å²) in [5.74, 6) is 5.16. The lowest BCUT2D eigenvalue weighted by atomic mass is 9.94. The van der Waals surface area contributed by atoms with Crippen molar-refractivity contribution in [3.8, 4) is 11.8 Å². The molecule has 0 atom stereocenters. The van der Waals surface area contributed by atoms with Crippen LogP contribution in [0.1, 0.15) is 28.1 Å². The number of rotatable bonds is 3. The highest BCUT2D eigenvalue weighted by Gasteiger charge is 2.33. The third-order valence-electron chi connectivity index (χ3n) is 3.46. The molecule has 0 saturated carbocycles. The number of aliphatic hydroxyl groups excluding tert-OH is 1. The zero-order chi connectivity index (χ0) is 15.3. The van der Waals surface area contributed by atoms with E-state index in [0.29, 0.717) is 36.5 Å². The lowest BCUT2D eigenvalue weighted by molar-refractivity contribution is -0.0733. The van der Waals surface area contributed by atoms with Crippen LogP contribution in [0.5, 0.6) is 0 Å². The van der Waals surface area contributed by atoms with Crippen LogP contribution in [0.4, 0.5) is 0 Å². The minimum absolute atomic E-state index is 0.160. The van der Waals surface area contributed by atoms with Crippen molar-refractivity contribution in [3.63, 3.8) is 0 Å². The van der Waals surface area contributed by atoms with Gasteiger partial charge >= 0.3 is 0 Å². The summed E-state index contributed by atoms with van der Waals surface area (Å²) >= 11 is 1.32. The predicted molar refractivity (Wildman–Crippen MR) is 80.2 cm³/mol. The van der Waals surface area contributed by atoms with E-state index in [2.05, 4.69) is 11.8 Å². The van der Waals surface area contributed by atoms with Crippen LogP contribution in [-0.4, -0.2) is 60.0 Å². The molecule has 114 valence electrons. The van der Waals surface area contributed by atoms with Gasteiger partial charge in [0.2, 0.25) is 0 Å². The van der Waals surface area contributed by atoms with E-state index in [9.17, 15) is 9.90 Å². The molecular formula is C15H19NO4S. The molecule has 2 rings (SSSR count). The summed E-state index contributed by atoms with van der Waals surface area (Å²) in [6.07, 6.45) is 1.07. The van der Waals surface area contributed by atoms with Crippen LogP contribution >= 0.6 is 11.3 Å². The maximum atomic E-state index is 12.5. The van der Waals surface area contributed by atoms with Gasteiger partial charge in [0.25, 0.3) is 5.91 Å². The van der Waals surface area contributed by atoms with E-state index in [-0.39, 0.29) is 19.1 Å². The number of carbonyl (C=O) groups excluding carboxylic acids is 1. The van der Waals surface area contributed by atoms with Crippen LogP contribution in [0.25, 0.3) is 0 Å². The summed E-state index contributed by atoms with van der Waals surface area (Å²) in [5.41, 5.74) is -0.262. The molecule has 0 radical (unpaired) electrons. The van der Waals surface area contributed by atoms with Gasteiger partial charge in [-0.1, -0.05) is 11.8 Å². The monoisotopic (exact) mass is 309 g/mol.